The molecule has 3 N–H and O–H groups in total. The number of rotatable bonds is 7. The molecule has 0 saturated carbocycles. The largest absolute Gasteiger partial charge is 0.488 e. The fourth-order valence-electron chi connectivity index (χ4n) is 3.34. The van der Waals surface area contributed by atoms with Gasteiger partial charge in [-0.15, -0.1) is 0 Å². The van der Waals surface area contributed by atoms with E-state index in [9.17, 15) is 23.1 Å². The predicted octanol–water partition coefficient (Wildman–Crippen LogP) is 1.33. The summed E-state index contributed by atoms with van der Waals surface area (Å²) in [7, 11) is -1.94. The van der Waals surface area contributed by atoms with E-state index in [1.807, 2.05) is 20.8 Å². The van der Waals surface area contributed by atoms with Crippen LogP contribution in [0.4, 0.5) is 10.5 Å². The van der Waals surface area contributed by atoms with Gasteiger partial charge in [-0.05, 0) is 39.0 Å². The summed E-state index contributed by atoms with van der Waals surface area (Å²) in [5.74, 6) is -0.255. The molecule has 0 aromatic heterocycles. The highest BCUT2D eigenvalue weighted by Gasteiger charge is 2.34. The number of urea groups is 1. The number of likely N-dealkylation sites (N-methyl/N-ethyl adjacent to an activating group) is 1. The quantitative estimate of drug-likeness (QED) is 0.552. The number of ether oxygens (including phenoxy) is 1. The highest BCUT2D eigenvalue weighted by atomic mass is 32.2. The van der Waals surface area contributed by atoms with Gasteiger partial charge in [0.25, 0.3) is 5.91 Å². The molecule has 11 heteroatoms. The Kier molecular flexibility index (Phi) is 8.49. The van der Waals surface area contributed by atoms with Gasteiger partial charge in [0.15, 0.2) is 0 Å². The SMILES string of the molecule is CC(C)NC(=O)Nc1ccc2c(c1)C(=O)N([C@H](C)CO)C[C@@H](C)[C@H](CN(C)S(C)(=O)=O)O2. The van der Waals surface area contributed by atoms with Crippen molar-refractivity contribution in [2.24, 2.45) is 5.92 Å². The van der Waals surface area contributed by atoms with E-state index < -0.39 is 28.2 Å². The van der Waals surface area contributed by atoms with Crippen LogP contribution in [-0.4, -0.2) is 85.9 Å². The van der Waals surface area contributed by atoms with Crippen LogP contribution in [0.5, 0.6) is 5.75 Å². The Morgan fingerprint density at radius 1 is 1.34 bits per heavy atom. The molecule has 1 aliphatic heterocycles. The van der Waals surface area contributed by atoms with Gasteiger partial charge in [0.2, 0.25) is 10.0 Å². The molecule has 2 rings (SSSR count). The third-order valence-electron chi connectivity index (χ3n) is 5.35. The number of hydrogen-bond donors (Lipinski definition) is 3. The lowest BCUT2D eigenvalue weighted by molar-refractivity contribution is 0.0387. The van der Waals surface area contributed by atoms with Crippen molar-refractivity contribution >= 4 is 27.6 Å². The molecule has 0 fully saturated rings. The van der Waals surface area contributed by atoms with Crippen molar-refractivity contribution in [3.8, 4) is 5.75 Å². The zero-order valence-electron chi connectivity index (χ0n) is 19.5. The molecule has 1 heterocycles. The third kappa shape index (κ3) is 6.57. The van der Waals surface area contributed by atoms with Crippen molar-refractivity contribution < 1.29 is 27.9 Å². The van der Waals surface area contributed by atoms with E-state index in [1.54, 1.807) is 24.0 Å². The first-order valence-electron chi connectivity index (χ1n) is 10.5. The van der Waals surface area contributed by atoms with Gasteiger partial charge in [-0.25, -0.2) is 17.5 Å². The van der Waals surface area contributed by atoms with Crippen molar-refractivity contribution in [2.45, 2.75) is 45.9 Å². The van der Waals surface area contributed by atoms with Crippen LogP contribution >= 0.6 is 0 Å². The minimum atomic E-state index is -3.42. The molecule has 0 bridgehead atoms. The predicted molar refractivity (Wildman–Crippen MR) is 122 cm³/mol. The zero-order valence-corrected chi connectivity index (χ0v) is 20.3. The number of carbonyl (C=O) groups is 2. The molecule has 0 spiro atoms. The Balaban J connectivity index is 2.44. The normalized spacial score (nSPS) is 20.3. The van der Waals surface area contributed by atoms with Gasteiger partial charge in [-0.1, -0.05) is 6.92 Å². The van der Waals surface area contributed by atoms with Crippen molar-refractivity contribution in [2.75, 3.05) is 38.3 Å². The average Bonchev–Trinajstić information content (AvgIpc) is 2.69. The number of aliphatic hydroxyl groups excluding tert-OH is 1. The Bertz CT molecular complexity index is 936. The number of nitrogens with one attached hydrogen (secondary N) is 2. The number of anilines is 1. The van der Waals surface area contributed by atoms with E-state index >= 15 is 0 Å². The van der Waals surface area contributed by atoms with Crippen LogP contribution in [0.2, 0.25) is 0 Å². The molecule has 0 radical (unpaired) electrons. The van der Waals surface area contributed by atoms with E-state index in [0.29, 0.717) is 11.4 Å². The summed E-state index contributed by atoms with van der Waals surface area (Å²) in [6.45, 7) is 7.43. The van der Waals surface area contributed by atoms with Gasteiger partial charge in [-0.2, -0.15) is 0 Å². The van der Waals surface area contributed by atoms with Crippen molar-refractivity contribution in [3.05, 3.63) is 23.8 Å². The van der Waals surface area contributed by atoms with Gasteiger partial charge >= 0.3 is 6.03 Å². The summed E-state index contributed by atoms with van der Waals surface area (Å²) in [5, 5.41) is 15.1. The van der Waals surface area contributed by atoms with Crippen LogP contribution < -0.4 is 15.4 Å². The lowest BCUT2D eigenvalue weighted by atomic mass is 9.99. The van der Waals surface area contributed by atoms with Gasteiger partial charge in [0.05, 0.1) is 31.0 Å². The Morgan fingerprint density at radius 2 is 2.00 bits per heavy atom. The van der Waals surface area contributed by atoms with Crippen LogP contribution in [-0.2, 0) is 10.0 Å². The molecule has 1 aromatic rings. The minimum Gasteiger partial charge on any atom is -0.488 e. The summed E-state index contributed by atoms with van der Waals surface area (Å²) >= 11 is 0. The number of amides is 3. The van der Waals surface area contributed by atoms with Gasteiger partial charge < -0.3 is 25.4 Å². The number of sulfonamides is 1. The maximum Gasteiger partial charge on any atom is 0.319 e. The minimum absolute atomic E-state index is 0.0562. The topological polar surface area (TPSA) is 128 Å². The summed E-state index contributed by atoms with van der Waals surface area (Å²) < 4.78 is 31.2. The molecule has 0 unspecified atom stereocenters. The zero-order chi connectivity index (χ0) is 24.2. The lowest BCUT2D eigenvalue weighted by Gasteiger charge is -2.38. The van der Waals surface area contributed by atoms with Crippen molar-refractivity contribution in [1.29, 1.82) is 0 Å². The number of hydrogen-bond acceptors (Lipinski definition) is 6. The van der Waals surface area contributed by atoms with E-state index in [2.05, 4.69) is 10.6 Å². The van der Waals surface area contributed by atoms with Crippen molar-refractivity contribution in [3.63, 3.8) is 0 Å². The van der Waals surface area contributed by atoms with E-state index in [0.717, 1.165) is 6.26 Å². The van der Waals surface area contributed by atoms with Crippen LogP contribution in [0, 0.1) is 5.92 Å². The first kappa shape index (κ1) is 25.9. The number of fused-ring (bicyclic) bond motifs is 1. The van der Waals surface area contributed by atoms with Crippen LogP contribution in [0.25, 0.3) is 0 Å². The van der Waals surface area contributed by atoms with E-state index in [4.69, 9.17) is 4.74 Å². The summed E-state index contributed by atoms with van der Waals surface area (Å²) in [6.07, 6.45) is 0.594. The molecule has 3 amide bonds. The lowest BCUT2D eigenvalue weighted by Crippen LogP contribution is -2.50. The van der Waals surface area contributed by atoms with Gasteiger partial charge in [-0.3, -0.25) is 4.79 Å². The van der Waals surface area contributed by atoms with Gasteiger partial charge in [0.1, 0.15) is 11.9 Å². The maximum absolute atomic E-state index is 13.3. The second-order valence-electron chi connectivity index (χ2n) is 8.63. The molecular weight excluding hydrogens is 436 g/mol. The molecule has 0 aliphatic carbocycles. The molecule has 10 nitrogen and oxygen atoms in total. The molecular formula is C21H34N4O6S. The molecule has 180 valence electrons. The summed E-state index contributed by atoms with van der Waals surface area (Å²) in [5.41, 5.74) is 0.639. The number of nitrogens with zero attached hydrogens (tertiary/aromatic N) is 2. The summed E-state index contributed by atoms with van der Waals surface area (Å²) in [6, 6.07) is 3.83. The first-order valence-corrected chi connectivity index (χ1v) is 12.4. The van der Waals surface area contributed by atoms with Crippen LogP contribution in [0.15, 0.2) is 18.2 Å². The highest BCUT2D eigenvalue weighted by molar-refractivity contribution is 7.88. The van der Waals surface area contributed by atoms with E-state index in [1.165, 1.54) is 17.4 Å². The van der Waals surface area contributed by atoms with Gasteiger partial charge in [0, 0.05) is 31.2 Å². The number of carbonyl (C=O) groups excluding carboxylic acids is 2. The molecule has 32 heavy (non-hydrogen) atoms. The van der Waals surface area contributed by atoms with Crippen molar-refractivity contribution in [1.82, 2.24) is 14.5 Å². The number of benzene rings is 1. The fraction of sp³-hybridized carbons (Fsp3) is 0.619. The fourth-order valence-corrected chi connectivity index (χ4v) is 3.75. The smallest absolute Gasteiger partial charge is 0.319 e. The monoisotopic (exact) mass is 470 g/mol. The highest BCUT2D eigenvalue weighted by Crippen LogP contribution is 2.30. The molecule has 3 atom stereocenters. The average molecular weight is 471 g/mol. The Morgan fingerprint density at radius 3 is 2.56 bits per heavy atom. The standard InChI is InChI=1S/C21H34N4O6S/c1-13(2)22-21(28)23-16-7-8-18-17(9-16)20(27)25(15(4)12-26)10-14(3)19(31-18)11-24(5)32(6,29)30/h7-9,13-15,19,26H,10-12H2,1-6H3,(H2,22,23,28)/t14-,15-,19+/m1/s1. The molecule has 1 aromatic carbocycles. The number of aliphatic hydroxyl groups is 1. The maximum atomic E-state index is 13.3. The summed E-state index contributed by atoms with van der Waals surface area (Å²) in [4.78, 5) is 27.0. The Hall–Kier alpha value is -2.37. The van der Waals surface area contributed by atoms with Crippen LogP contribution in [0.3, 0.4) is 0 Å². The second kappa shape index (κ2) is 10.5. The van der Waals surface area contributed by atoms with Crippen LogP contribution in [0.1, 0.15) is 38.1 Å². The van der Waals surface area contributed by atoms with E-state index in [-0.39, 0.29) is 43.1 Å². The Labute approximate surface area is 190 Å². The first-order chi connectivity index (χ1) is 14.8. The molecule has 1 aliphatic rings. The third-order valence-corrected chi connectivity index (χ3v) is 6.63. The second-order valence-corrected chi connectivity index (χ2v) is 10.7. The molecule has 0 saturated heterocycles.